The van der Waals surface area contributed by atoms with Crippen molar-refractivity contribution in [1.29, 1.82) is 0 Å². The molecule has 0 spiro atoms. The summed E-state index contributed by atoms with van der Waals surface area (Å²) in [4.78, 5) is 4.18. The summed E-state index contributed by atoms with van der Waals surface area (Å²) in [6.45, 7) is 1.88. The summed E-state index contributed by atoms with van der Waals surface area (Å²) in [5.41, 5.74) is 4.44. The molecule has 0 saturated carbocycles. The molecule has 0 fully saturated rings. The molecule has 0 aromatic carbocycles. The second-order valence-electron chi connectivity index (χ2n) is 2.94. The molecule has 16 heavy (non-hydrogen) atoms. The zero-order valence-electron chi connectivity index (χ0n) is 8.47. The van der Waals surface area contributed by atoms with Gasteiger partial charge in [-0.15, -0.1) is 5.10 Å². The van der Waals surface area contributed by atoms with E-state index in [1.807, 2.05) is 25.1 Å². The highest BCUT2D eigenvalue weighted by molar-refractivity contribution is 7.73. The molecule has 2 aromatic heterocycles. The van der Waals surface area contributed by atoms with Crippen molar-refractivity contribution >= 4 is 34.4 Å². The van der Waals surface area contributed by atoms with E-state index < -0.39 is 0 Å². The van der Waals surface area contributed by atoms with Crippen molar-refractivity contribution in [2.45, 2.75) is 6.92 Å². The van der Waals surface area contributed by atoms with Crippen LogP contribution >= 0.6 is 23.6 Å². The summed E-state index contributed by atoms with van der Waals surface area (Å²) in [5, 5.41) is 11.4. The molecule has 2 rings (SSSR count). The van der Waals surface area contributed by atoms with E-state index in [0.717, 1.165) is 11.4 Å². The average Bonchev–Trinajstić information content (AvgIpc) is 2.73. The fraction of sp³-hybridized carbons (Fsp3) is 0.111. The maximum absolute atomic E-state index is 4.91. The number of anilines is 1. The van der Waals surface area contributed by atoms with E-state index in [9.17, 15) is 0 Å². The Morgan fingerprint density at radius 1 is 1.56 bits per heavy atom. The molecule has 0 bridgehead atoms. The maximum atomic E-state index is 4.91. The van der Waals surface area contributed by atoms with Crippen LogP contribution in [0.5, 0.6) is 0 Å². The molecule has 0 unspecified atom stereocenters. The van der Waals surface area contributed by atoms with Crippen LogP contribution in [0.2, 0.25) is 0 Å². The van der Waals surface area contributed by atoms with Gasteiger partial charge in [0.1, 0.15) is 0 Å². The normalized spacial score (nSPS) is 11.4. The SMILES string of the molecule is CC(=NNc1n[nH]c(=S)s1)c1ccccn1. The van der Waals surface area contributed by atoms with Crippen LogP contribution in [-0.2, 0) is 0 Å². The van der Waals surface area contributed by atoms with Gasteiger partial charge in [0.25, 0.3) is 0 Å². The van der Waals surface area contributed by atoms with Crippen molar-refractivity contribution in [2.24, 2.45) is 5.10 Å². The van der Waals surface area contributed by atoms with Crippen molar-refractivity contribution in [2.75, 3.05) is 5.43 Å². The first kappa shape index (κ1) is 10.9. The molecule has 0 atom stereocenters. The average molecular weight is 251 g/mol. The zero-order chi connectivity index (χ0) is 11.4. The molecular weight excluding hydrogens is 242 g/mol. The zero-order valence-corrected chi connectivity index (χ0v) is 10.1. The number of aromatic nitrogens is 3. The van der Waals surface area contributed by atoms with Crippen molar-refractivity contribution in [1.82, 2.24) is 15.2 Å². The number of nitrogens with one attached hydrogen (secondary N) is 2. The van der Waals surface area contributed by atoms with E-state index in [1.165, 1.54) is 11.3 Å². The summed E-state index contributed by atoms with van der Waals surface area (Å²) in [7, 11) is 0. The fourth-order valence-corrected chi connectivity index (χ4v) is 1.78. The van der Waals surface area contributed by atoms with Gasteiger partial charge in [-0.3, -0.25) is 15.5 Å². The van der Waals surface area contributed by atoms with Gasteiger partial charge in [0.15, 0.2) is 3.95 Å². The Morgan fingerprint density at radius 3 is 3.06 bits per heavy atom. The molecule has 0 amide bonds. The van der Waals surface area contributed by atoms with E-state index in [0.29, 0.717) is 9.09 Å². The molecule has 2 N–H and O–H groups in total. The van der Waals surface area contributed by atoms with Crippen LogP contribution < -0.4 is 5.43 Å². The van der Waals surface area contributed by atoms with Crippen LogP contribution in [0.15, 0.2) is 29.5 Å². The molecule has 2 aromatic rings. The number of rotatable bonds is 3. The minimum atomic E-state index is 0.619. The van der Waals surface area contributed by atoms with E-state index in [-0.39, 0.29) is 0 Å². The number of nitrogens with zero attached hydrogens (tertiary/aromatic N) is 3. The van der Waals surface area contributed by atoms with E-state index in [1.54, 1.807) is 6.20 Å². The van der Waals surface area contributed by atoms with Crippen LogP contribution in [0.25, 0.3) is 0 Å². The lowest BCUT2D eigenvalue weighted by atomic mass is 10.3. The number of hydrogen-bond donors (Lipinski definition) is 2. The lowest BCUT2D eigenvalue weighted by Gasteiger charge is -1.98. The third kappa shape index (κ3) is 2.71. The lowest BCUT2D eigenvalue weighted by molar-refractivity contribution is 1.07. The smallest absolute Gasteiger partial charge is 0.224 e. The monoisotopic (exact) mass is 251 g/mol. The van der Waals surface area contributed by atoms with Gasteiger partial charge < -0.3 is 0 Å². The van der Waals surface area contributed by atoms with Gasteiger partial charge in [0.05, 0.1) is 11.4 Å². The Balaban J connectivity index is 2.11. The Hall–Kier alpha value is -1.60. The van der Waals surface area contributed by atoms with Crippen molar-refractivity contribution < 1.29 is 0 Å². The first-order valence-electron chi connectivity index (χ1n) is 4.53. The second kappa shape index (κ2) is 4.95. The Bertz CT molecular complexity index is 542. The number of hydrogen-bond acceptors (Lipinski definition) is 6. The fourth-order valence-electron chi connectivity index (χ4n) is 1.04. The van der Waals surface area contributed by atoms with Crippen molar-refractivity contribution in [3.63, 3.8) is 0 Å². The summed E-state index contributed by atoms with van der Waals surface area (Å²) in [6.07, 6.45) is 1.73. The molecular formula is C9H9N5S2. The summed E-state index contributed by atoms with van der Waals surface area (Å²) < 4.78 is 0.619. The predicted octanol–water partition coefficient (Wildman–Crippen LogP) is 2.43. The minimum absolute atomic E-state index is 0.619. The van der Waals surface area contributed by atoms with Gasteiger partial charge >= 0.3 is 0 Å². The number of hydrazone groups is 1. The van der Waals surface area contributed by atoms with E-state index >= 15 is 0 Å². The highest BCUT2D eigenvalue weighted by atomic mass is 32.1. The van der Waals surface area contributed by atoms with Crippen LogP contribution in [0, 0.1) is 3.95 Å². The molecule has 0 aliphatic heterocycles. The Kier molecular flexibility index (Phi) is 3.37. The number of aromatic amines is 1. The van der Waals surface area contributed by atoms with Crippen LogP contribution in [0.3, 0.4) is 0 Å². The molecule has 0 radical (unpaired) electrons. The van der Waals surface area contributed by atoms with Gasteiger partial charge in [-0.05, 0) is 31.3 Å². The minimum Gasteiger partial charge on any atom is -0.256 e. The Morgan fingerprint density at radius 2 is 2.44 bits per heavy atom. The number of H-pyrrole nitrogens is 1. The van der Waals surface area contributed by atoms with Gasteiger partial charge in [-0.25, -0.2) is 0 Å². The van der Waals surface area contributed by atoms with Crippen LogP contribution in [0.4, 0.5) is 5.13 Å². The molecule has 82 valence electrons. The van der Waals surface area contributed by atoms with Crippen LogP contribution in [-0.4, -0.2) is 20.9 Å². The van der Waals surface area contributed by atoms with Gasteiger partial charge in [0.2, 0.25) is 5.13 Å². The molecule has 2 heterocycles. The summed E-state index contributed by atoms with van der Waals surface area (Å²) in [6, 6.07) is 5.68. The van der Waals surface area contributed by atoms with Crippen molar-refractivity contribution in [3.8, 4) is 0 Å². The topological polar surface area (TPSA) is 66.0 Å². The van der Waals surface area contributed by atoms with E-state index in [2.05, 4.69) is 25.7 Å². The largest absolute Gasteiger partial charge is 0.256 e. The van der Waals surface area contributed by atoms with E-state index in [4.69, 9.17) is 12.2 Å². The van der Waals surface area contributed by atoms with Crippen LogP contribution in [0.1, 0.15) is 12.6 Å². The molecule has 0 saturated heterocycles. The van der Waals surface area contributed by atoms with Crippen molar-refractivity contribution in [3.05, 3.63) is 34.0 Å². The molecule has 0 aliphatic carbocycles. The Labute approximate surface area is 101 Å². The first-order chi connectivity index (χ1) is 7.75. The summed E-state index contributed by atoms with van der Waals surface area (Å²) >= 11 is 6.24. The standard InChI is InChI=1S/C9H9N5S2/c1-6(7-4-2-3-5-10-7)11-12-8-13-14-9(15)16-8/h2-5H,1H3,(H,12,13)(H,14,15). The van der Waals surface area contributed by atoms with Gasteiger partial charge in [-0.1, -0.05) is 17.4 Å². The van der Waals surface area contributed by atoms with Gasteiger partial charge in [-0.2, -0.15) is 5.10 Å². The molecule has 7 heteroatoms. The highest BCUT2D eigenvalue weighted by Crippen LogP contribution is 2.10. The highest BCUT2D eigenvalue weighted by Gasteiger charge is 1.98. The molecule has 0 aliphatic rings. The third-order valence-corrected chi connectivity index (χ3v) is 2.79. The van der Waals surface area contributed by atoms with Gasteiger partial charge in [0, 0.05) is 6.20 Å². The molecule has 5 nitrogen and oxygen atoms in total. The lowest BCUT2D eigenvalue weighted by Crippen LogP contribution is -2.01. The summed E-state index contributed by atoms with van der Waals surface area (Å²) in [5.74, 6) is 0. The second-order valence-corrected chi connectivity index (χ2v) is 4.61. The number of pyridine rings is 1. The predicted molar refractivity (Wildman–Crippen MR) is 67.4 cm³/mol. The quantitative estimate of drug-likeness (QED) is 0.499. The third-order valence-electron chi connectivity index (χ3n) is 1.79. The first-order valence-corrected chi connectivity index (χ1v) is 5.75. The maximum Gasteiger partial charge on any atom is 0.224 e.